The smallest absolute Gasteiger partial charge is 0.220 e. The number of aromatic amines is 1. The van der Waals surface area contributed by atoms with Crippen LogP contribution in [0.5, 0.6) is 0 Å². The minimum Gasteiger partial charge on any atom is -0.381 e. The predicted octanol–water partition coefficient (Wildman–Crippen LogP) is 3.87. The van der Waals surface area contributed by atoms with Gasteiger partial charge in [-0.2, -0.15) is 0 Å². The molecule has 4 nitrogen and oxygen atoms in total. The fourth-order valence-corrected chi connectivity index (χ4v) is 3.03. The molecule has 0 radical (unpaired) electrons. The van der Waals surface area contributed by atoms with Gasteiger partial charge in [0.1, 0.15) is 0 Å². The normalized spacial score (nSPS) is 10.9. The number of carbonyl (C=O) groups is 1. The predicted molar refractivity (Wildman–Crippen MR) is 105 cm³/mol. The largest absolute Gasteiger partial charge is 0.381 e. The van der Waals surface area contributed by atoms with Gasteiger partial charge in [-0.25, -0.2) is 0 Å². The van der Waals surface area contributed by atoms with Crippen molar-refractivity contribution in [3.8, 4) is 0 Å². The topological polar surface area (TPSA) is 54.1 Å². The maximum absolute atomic E-state index is 11.9. The van der Waals surface area contributed by atoms with Crippen LogP contribution in [0.25, 0.3) is 10.9 Å². The van der Waals surface area contributed by atoms with Crippen LogP contribution in [0.1, 0.15) is 24.0 Å². The average molecular weight is 350 g/mol. The van der Waals surface area contributed by atoms with Gasteiger partial charge in [0.25, 0.3) is 0 Å². The maximum Gasteiger partial charge on any atom is 0.220 e. The Kier molecular flexibility index (Phi) is 6.85. The lowest BCUT2D eigenvalue weighted by Crippen LogP contribution is -2.25. The SMILES string of the molecule is O=C(CCCOCCc1ccccc1)NCCc1c[nH]c2ccccc12. The van der Waals surface area contributed by atoms with Gasteiger partial charge in [-0.1, -0.05) is 48.5 Å². The summed E-state index contributed by atoms with van der Waals surface area (Å²) in [7, 11) is 0. The minimum atomic E-state index is 0.0940. The van der Waals surface area contributed by atoms with Crippen molar-refractivity contribution in [1.82, 2.24) is 10.3 Å². The van der Waals surface area contributed by atoms with Crippen molar-refractivity contribution < 1.29 is 9.53 Å². The number of carbonyl (C=O) groups excluding carboxylic acids is 1. The molecule has 1 heterocycles. The number of ether oxygens (including phenoxy) is 1. The first-order chi connectivity index (χ1) is 12.8. The van der Waals surface area contributed by atoms with Crippen molar-refractivity contribution in [3.63, 3.8) is 0 Å². The van der Waals surface area contributed by atoms with Gasteiger partial charge in [0.15, 0.2) is 0 Å². The molecule has 2 N–H and O–H groups in total. The number of rotatable bonds is 10. The van der Waals surface area contributed by atoms with Gasteiger partial charge in [0, 0.05) is 36.7 Å². The second-order valence-corrected chi connectivity index (χ2v) is 6.41. The molecule has 0 atom stereocenters. The van der Waals surface area contributed by atoms with Gasteiger partial charge in [-0.15, -0.1) is 0 Å². The van der Waals surface area contributed by atoms with Crippen LogP contribution in [0.3, 0.4) is 0 Å². The van der Waals surface area contributed by atoms with E-state index in [1.165, 1.54) is 16.5 Å². The van der Waals surface area contributed by atoms with Crippen LogP contribution in [-0.2, 0) is 22.4 Å². The number of hydrogen-bond acceptors (Lipinski definition) is 2. The molecular formula is C22H26N2O2. The van der Waals surface area contributed by atoms with Crippen LogP contribution in [0.4, 0.5) is 0 Å². The molecule has 4 heteroatoms. The third-order valence-electron chi connectivity index (χ3n) is 4.46. The summed E-state index contributed by atoms with van der Waals surface area (Å²) in [6.07, 6.45) is 5.05. The van der Waals surface area contributed by atoms with Crippen molar-refractivity contribution in [2.24, 2.45) is 0 Å². The summed E-state index contributed by atoms with van der Waals surface area (Å²) in [6, 6.07) is 18.5. The van der Waals surface area contributed by atoms with E-state index in [0.29, 0.717) is 26.2 Å². The molecule has 0 saturated heterocycles. The van der Waals surface area contributed by atoms with Crippen LogP contribution in [0.15, 0.2) is 60.8 Å². The summed E-state index contributed by atoms with van der Waals surface area (Å²) in [5, 5.41) is 4.22. The van der Waals surface area contributed by atoms with E-state index in [4.69, 9.17) is 4.74 Å². The molecule has 0 aliphatic heterocycles. The maximum atomic E-state index is 11.9. The fraction of sp³-hybridized carbons (Fsp3) is 0.318. The van der Waals surface area contributed by atoms with Crippen molar-refractivity contribution in [1.29, 1.82) is 0 Å². The molecule has 0 aliphatic carbocycles. The molecule has 136 valence electrons. The highest BCUT2D eigenvalue weighted by Gasteiger charge is 2.04. The Hall–Kier alpha value is -2.59. The zero-order valence-electron chi connectivity index (χ0n) is 15.0. The first-order valence-corrected chi connectivity index (χ1v) is 9.26. The molecule has 0 spiro atoms. The quantitative estimate of drug-likeness (QED) is 0.546. The summed E-state index contributed by atoms with van der Waals surface area (Å²) in [5.74, 6) is 0.0940. The molecule has 0 aliphatic rings. The number of fused-ring (bicyclic) bond motifs is 1. The molecular weight excluding hydrogens is 324 g/mol. The molecule has 1 amide bonds. The Morgan fingerprint density at radius 3 is 2.65 bits per heavy atom. The Labute approximate surface area is 154 Å². The standard InChI is InChI=1S/C22H26N2O2/c25-22(11-6-15-26-16-13-18-7-2-1-3-8-18)23-14-12-19-17-24-21-10-5-4-9-20(19)21/h1-5,7-10,17,24H,6,11-16H2,(H,23,25). The monoisotopic (exact) mass is 350 g/mol. The van der Waals surface area contributed by atoms with E-state index in [0.717, 1.165) is 24.8 Å². The fourth-order valence-electron chi connectivity index (χ4n) is 3.03. The summed E-state index contributed by atoms with van der Waals surface area (Å²) < 4.78 is 5.62. The first kappa shape index (κ1) is 18.2. The number of benzene rings is 2. The number of aromatic nitrogens is 1. The van der Waals surface area contributed by atoms with E-state index in [1.807, 2.05) is 36.5 Å². The van der Waals surface area contributed by atoms with Crippen LogP contribution in [-0.4, -0.2) is 30.6 Å². The zero-order chi connectivity index (χ0) is 18.0. The Balaban J connectivity index is 1.25. The van der Waals surface area contributed by atoms with Crippen LogP contribution >= 0.6 is 0 Å². The van der Waals surface area contributed by atoms with Crippen LogP contribution in [0, 0.1) is 0 Å². The molecule has 3 rings (SSSR count). The zero-order valence-corrected chi connectivity index (χ0v) is 15.0. The van der Waals surface area contributed by atoms with Gasteiger partial charge in [-0.05, 0) is 36.5 Å². The van der Waals surface area contributed by atoms with Gasteiger partial charge in [0.05, 0.1) is 6.61 Å². The Morgan fingerprint density at radius 1 is 0.962 bits per heavy atom. The lowest BCUT2D eigenvalue weighted by atomic mass is 10.1. The molecule has 2 aromatic carbocycles. The summed E-state index contributed by atoms with van der Waals surface area (Å²) in [6.45, 7) is 1.99. The van der Waals surface area contributed by atoms with Crippen molar-refractivity contribution in [2.75, 3.05) is 19.8 Å². The number of para-hydroxylation sites is 1. The Morgan fingerprint density at radius 2 is 1.77 bits per heavy atom. The molecule has 3 aromatic rings. The average Bonchev–Trinajstić information content (AvgIpc) is 3.09. The molecule has 0 unspecified atom stereocenters. The summed E-state index contributed by atoms with van der Waals surface area (Å²) >= 11 is 0. The summed E-state index contributed by atoms with van der Waals surface area (Å²) in [4.78, 5) is 15.2. The highest BCUT2D eigenvalue weighted by atomic mass is 16.5. The molecule has 26 heavy (non-hydrogen) atoms. The van der Waals surface area contributed by atoms with E-state index in [1.54, 1.807) is 0 Å². The third-order valence-corrected chi connectivity index (χ3v) is 4.46. The van der Waals surface area contributed by atoms with E-state index in [2.05, 4.69) is 34.6 Å². The van der Waals surface area contributed by atoms with E-state index < -0.39 is 0 Å². The van der Waals surface area contributed by atoms with Gasteiger partial charge < -0.3 is 15.0 Å². The number of hydrogen-bond donors (Lipinski definition) is 2. The van der Waals surface area contributed by atoms with Crippen molar-refractivity contribution >= 4 is 16.8 Å². The first-order valence-electron chi connectivity index (χ1n) is 9.26. The van der Waals surface area contributed by atoms with Crippen molar-refractivity contribution in [2.45, 2.75) is 25.7 Å². The van der Waals surface area contributed by atoms with E-state index >= 15 is 0 Å². The second-order valence-electron chi connectivity index (χ2n) is 6.41. The number of H-pyrrole nitrogens is 1. The van der Waals surface area contributed by atoms with Crippen LogP contribution in [0.2, 0.25) is 0 Å². The lowest BCUT2D eigenvalue weighted by molar-refractivity contribution is -0.121. The van der Waals surface area contributed by atoms with Crippen LogP contribution < -0.4 is 5.32 Å². The molecule has 1 aromatic heterocycles. The van der Waals surface area contributed by atoms with Gasteiger partial charge in [-0.3, -0.25) is 4.79 Å². The van der Waals surface area contributed by atoms with E-state index in [-0.39, 0.29) is 5.91 Å². The Bertz CT molecular complexity index is 811. The third kappa shape index (κ3) is 5.46. The lowest BCUT2D eigenvalue weighted by Gasteiger charge is -2.06. The second kappa shape index (κ2) is 9.78. The van der Waals surface area contributed by atoms with Crippen molar-refractivity contribution in [3.05, 3.63) is 71.9 Å². The highest BCUT2D eigenvalue weighted by Crippen LogP contribution is 2.17. The molecule has 0 bridgehead atoms. The van der Waals surface area contributed by atoms with Gasteiger partial charge >= 0.3 is 0 Å². The molecule has 0 saturated carbocycles. The minimum absolute atomic E-state index is 0.0940. The summed E-state index contributed by atoms with van der Waals surface area (Å²) in [5.41, 5.74) is 3.66. The van der Waals surface area contributed by atoms with E-state index in [9.17, 15) is 4.79 Å². The number of amides is 1. The van der Waals surface area contributed by atoms with Gasteiger partial charge in [0.2, 0.25) is 5.91 Å². The molecule has 0 fully saturated rings. The highest BCUT2D eigenvalue weighted by molar-refractivity contribution is 5.83. The number of nitrogens with one attached hydrogen (secondary N) is 2.